The van der Waals surface area contributed by atoms with E-state index in [9.17, 15) is 13.2 Å². The molecule has 72 valence electrons. The fourth-order valence-corrected chi connectivity index (χ4v) is 1.50. The van der Waals surface area contributed by atoms with Crippen LogP contribution >= 0.6 is 10.7 Å². The van der Waals surface area contributed by atoms with Crippen molar-refractivity contribution < 1.29 is 22.7 Å². The number of hydrogen-bond donors (Lipinski definition) is 1. The van der Waals surface area contributed by atoms with Crippen LogP contribution in [0.2, 0.25) is 0 Å². The molecule has 0 radical (unpaired) electrons. The third kappa shape index (κ3) is 2.02. The lowest BCUT2D eigenvalue weighted by Crippen LogP contribution is -1.95. The van der Waals surface area contributed by atoms with Crippen molar-refractivity contribution in [3.8, 4) is 0 Å². The van der Waals surface area contributed by atoms with Gasteiger partial charge in [-0.25, -0.2) is 13.2 Å². The minimum Gasteiger partial charge on any atom is -0.478 e. The summed E-state index contributed by atoms with van der Waals surface area (Å²) in [5.41, 5.74) is -0.209. The zero-order valence-electron chi connectivity index (χ0n) is 6.44. The fourth-order valence-electron chi connectivity index (χ4n) is 0.787. The lowest BCUT2D eigenvalue weighted by Gasteiger charge is -1.86. The Hall–Kier alpha value is -1.01. The van der Waals surface area contributed by atoms with E-state index in [1.807, 2.05) is 0 Å². The highest BCUT2D eigenvalue weighted by Gasteiger charge is 2.21. The SMILES string of the molecule is Cc1oc(S(=O)(=O)Cl)cc1C(=O)O. The molecule has 1 N–H and O–H groups in total. The van der Waals surface area contributed by atoms with Gasteiger partial charge >= 0.3 is 5.97 Å². The second kappa shape index (κ2) is 3.04. The quantitative estimate of drug-likeness (QED) is 0.764. The average Bonchev–Trinajstić information content (AvgIpc) is 2.29. The van der Waals surface area contributed by atoms with E-state index >= 15 is 0 Å². The molecule has 1 rings (SSSR count). The first-order valence-electron chi connectivity index (χ1n) is 3.11. The number of rotatable bonds is 2. The van der Waals surface area contributed by atoms with Crippen LogP contribution < -0.4 is 0 Å². The van der Waals surface area contributed by atoms with Crippen LogP contribution in [0.1, 0.15) is 16.1 Å². The van der Waals surface area contributed by atoms with E-state index in [2.05, 4.69) is 4.42 Å². The molecule has 0 spiro atoms. The van der Waals surface area contributed by atoms with Crippen LogP contribution in [-0.2, 0) is 9.05 Å². The lowest BCUT2D eigenvalue weighted by molar-refractivity contribution is 0.0695. The first kappa shape index (κ1) is 10.1. The molecule has 0 atom stereocenters. The van der Waals surface area contributed by atoms with E-state index in [-0.39, 0.29) is 11.3 Å². The fraction of sp³-hybridized carbons (Fsp3) is 0.167. The maximum atomic E-state index is 10.7. The first-order valence-corrected chi connectivity index (χ1v) is 5.41. The van der Waals surface area contributed by atoms with Crippen molar-refractivity contribution in [3.63, 3.8) is 0 Å². The number of carboxylic acid groups (broad SMARTS) is 1. The number of carboxylic acids is 1. The predicted molar refractivity (Wildman–Crippen MR) is 43.4 cm³/mol. The van der Waals surface area contributed by atoms with Crippen molar-refractivity contribution >= 4 is 25.7 Å². The van der Waals surface area contributed by atoms with Gasteiger partial charge in [0.2, 0.25) is 5.09 Å². The van der Waals surface area contributed by atoms with E-state index in [0.717, 1.165) is 6.07 Å². The van der Waals surface area contributed by atoms with E-state index in [1.165, 1.54) is 6.92 Å². The van der Waals surface area contributed by atoms with Gasteiger partial charge in [0.1, 0.15) is 11.3 Å². The zero-order chi connectivity index (χ0) is 10.2. The first-order chi connectivity index (χ1) is 5.82. The van der Waals surface area contributed by atoms with Crippen LogP contribution in [0.15, 0.2) is 15.6 Å². The summed E-state index contributed by atoms with van der Waals surface area (Å²) in [5, 5.41) is 8.00. The molecular weight excluding hydrogens is 220 g/mol. The summed E-state index contributed by atoms with van der Waals surface area (Å²) in [7, 11) is 0.938. The Morgan fingerprint density at radius 3 is 2.38 bits per heavy atom. The van der Waals surface area contributed by atoms with Crippen LogP contribution in [0.4, 0.5) is 0 Å². The van der Waals surface area contributed by atoms with E-state index < -0.39 is 20.1 Å². The van der Waals surface area contributed by atoms with Crippen molar-refractivity contribution in [1.29, 1.82) is 0 Å². The predicted octanol–water partition coefficient (Wildman–Crippen LogP) is 1.21. The molecule has 0 aliphatic rings. The summed E-state index contributed by atoms with van der Waals surface area (Å²) in [6.07, 6.45) is 0. The molecule has 0 saturated carbocycles. The summed E-state index contributed by atoms with van der Waals surface area (Å²) in [4.78, 5) is 10.5. The summed E-state index contributed by atoms with van der Waals surface area (Å²) >= 11 is 0. The summed E-state index contributed by atoms with van der Waals surface area (Å²) in [6.45, 7) is 1.34. The maximum Gasteiger partial charge on any atom is 0.339 e. The van der Waals surface area contributed by atoms with Gasteiger partial charge in [-0.3, -0.25) is 0 Å². The summed E-state index contributed by atoms with van der Waals surface area (Å²) < 4.78 is 26.0. The minimum absolute atomic E-state index is 0.00623. The van der Waals surface area contributed by atoms with Gasteiger partial charge in [0.25, 0.3) is 9.05 Å². The van der Waals surface area contributed by atoms with Crippen LogP contribution in [-0.4, -0.2) is 19.5 Å². The van der Waals surface area contributed by atoms with Gasteiger partial charge in [-0.05, 0) is 6.92 Å². The summed E-state index contributed by atoms with van der Waals surface area (Å²) in [6, 6.07) is 0.875. The molecule has 0 unspecified atom stereocenters. The number of aromatic carboxylic acids is 1. The second-order valence-electron chi connectivity index (χ2n) is 2.28. The molecule has 0 saturated heterocycles. The number of aryl methyl sites for hydroxylation is 1. The highest BCUT2D eigenvalue weighted by Crippen LogP contribution is 2.21. The van der Waals surface area contributed by atoms with Gasteiger partial charge < -0.3 is 9.52 Å². The average molecular weight is 225 g/mol. The Balaban J connectivity index is 3.33. The summed E-state index contributed by atoms with van der Waals surface area (Å²) in [5.74, 6) is -1.25. The molecule has 7 heteroatoms. The second-order valence-corrected chi connectivity index (χ2v) is 4.78. The monoisotopic (exact) mass is 224 g/mol. The van der Waals surface area contributed by atoms with Crippen LogP contribution in [0, 0.1) is 6.92 Å². The largest absolute Gasteiger partial charge is 0.478 e. The zero-order valence-corrected chi connectivity index (χ0v) is 8.02. The number of furan rings is 1. The molecule has 0 fully saturated rings. The molecular formula is C6H5ClO5S. The van der Waals surface area contributed by atoms with Crippen molar-refractivity contribution in [1.82, 2.24) is 0 Å². The van der Waals surface area contributed by atoms with E-state index in [1.54, 1.807) is 0 Å². The molecule has 0 aliphatic carbocycles. The lowest BCUT2D eigenvalue weighted by atomic mass is 10.3. The molecule has 0 bridgehead atoms. The van der Waals surface area contributed by atoms with Crippen molar-refractivity contribution in [3.05, 3.63) is 17.4 Å². The Morgan fingerprint density at radius 1 is 1.62 bits per heavy atom. The van der Waals surface area contributed by atoms with Gasteiger partial charge in [0.15, 0.2) is 0 Å². The molecule has 0 aliphatic heterocycles. The molecule has 5 nitrogen and oxygen atoms in total. The molecule has 1 aromatic heterocycles. The smallest absolute Gasteiger partial charge is 0.339 e. The third-order valence-electron chi connectivity index (χ3n) is 1.37. The van der Waals surface area contributed by atoms with Crippen LogP contribution in [0.25, 0.3) is 0 Å². The standard InChI is InChI=1S/C6H5ClO5S/c1-3-4(6(8)9)2-5(12-3)13(7,10)11/h2H,1H3,(H,8,9). The van der Waals surface area contributed by atoms with Gasteiger partial charge in [-0.15, -0.1) is 0 Å². The van der Waals surface area contributed by atoms with E-state index in [4.69, 9.17) is 15.8 Å². The van der Waals surface area contributed by atoms with E-state index in [0.29, 0.717) is 0 Å². The van der Waals surface area contributed by atoms with Crippen molar-refractivity contribution in [2.45, 2.75) is 12.0 Å². The molecule has 13 heavy (non-hydrogen) atoms. The van der Waals surface area contributed by atoms with Gasteiger partial charge in [-0.1, -0.05) is 0 Å². The molecule has 1 aromatic rings. The number of hydrogen-bond acceptors (Lipinski definition) is 4. The van der Waals surface area contributed by atoms with Crippen molar-refractivity contribution in [2.24, 2.45) is 0 Å². The van der Waals surface area contributed by atoms with Crippen LogP contribution in [0.5, 0.6) is 0 Å². The Bertz CT molecular complexity index is 444. The molecule has 0 amide bonds. The Kier molecular flexibility index (Phi) is 2.36. The highest BCUT2D eigenvalue weighted by atomic mass is 35.7. The van der Waals surface area contributed by atoms with Crippen LogP contribution in [0.3, 0.4) is 0 Å². The normalized spacial score (nSPS) is 11.5. The van der Waals surface area contributed by atoms with Gasteiger partial charge in [0.05, 0.1) is 0 Å². The van der Waals surface area contributed by atoms with Gasteiger partial charge in [0, 0.05) is 16.7 Å². The Morgan fingerprint density at radius 2 is 2.15 bits per heavy atom. The number of halogens is 1. The molecule has 1 heterocycles. The van der Waals surface area contributed by atoms with Crippen molar-refractivity contribution in [2.75, 3.05) is 0 Å². The highest BCUT2D eigenvalue weighted by molar-refractivity contribution is 8.13. The Labute approximate surface area is 78.3 Å². The minimum atomic E-state index is -4.00. The number of carbonyl (C=O) groups is 1. The maximum absolute atomic E-state index is 10.7. The topological polar surface area (TPSA) is 84.6 Å². The third-order valence-corrected chi connectivity index (χ3v) is 2.50. The van der Waals surface area contributed by atoms with Gasteiger partial charge in [-0.2, -0.15) is 0 Å². The molecule has 0 aromatic carbocycles.